The SMILES string of the molecule is CCC(C#N)C(=O)Nc1cccc(N(C)C)c1. The van der Waals surface area contributed by atoms with Gasteiger partial charge < -0.3 is 10.2 Å². The van der Waals surface area contributed by atoms with Crippen molar-refractivity contribution in [1.29, 1.82) is 5.26 Å². The van der Waals surface area contributed by atoms with Crippen LogP contribution in [0.25, 0.3) is 0 Å². The summed E-state index contributed by atoms with van der Waals surface area (Å²) in [6, 6.07) is 9.51. The molecule has 0 saturated heterocycles. The summed E-state index contributed by atoms with van der Waals surface area (Å²) in [7, 11) is 3.87. The second-order valence-corrected chi connectivity index (χ2v) is 4.02. The van der Waals surface area contributed by atoms with E-state index in [4.69, 9.17) is 5.26 Å². The van der Waals surface area contributed by atoms with Crippen LogP contribution < -0.4 is 10.2 Å². The minimum absolute atomic E-state index is 0.245. The maximum atomic E-state index is 11.7. The van der Waals surface area contributed by atoms with Crippen molar-refractivity contribution in [1.82, 2.24) is 0 Å². The van der Waals surface area contributed by atoms with Gasteiger partial charge in [0.2, 0.25) is 5.91 Å². The molecule has 1 rings (SSSR count). The minimum atomic E-state index is -0.585. The highest BCUT2D eigenvalue weighted by Crippen LogP contribution is 2.18. The fourth-order valence-electron chi connectivity index (χ4n) is 1.43. The van der Waals surface area contributed by atoms with Gasteiger partial charge in [0.05, 0.1) is 6.07 Å². The Hall–Kier alpha value is -2.02. The van der Waals surface area contributed by atoms with Crippen LogP contribution in [-0.2, 0) is 4.79 Å². The van der Waals surface area contributed by atoms with Crippen LogP contribution in [0.5, 0.6) is 0 Å². The molecule has 0 saturated carbocycles. The summed E-state index contributed by atoms with van der Waals surface area (Å²) in [5.74, 6) is -0.830. The van der Waals surface area contributed by atoms with Gasteiger partial charge in [0.1, 0.15) is 5.92 Å². The third-order valence-electron chi connectivity index (χ3n) is 2.51. The summed E-state index contributed by atoms with van der Waals surface area (Å²) in [6.45, 7) is 1.82. The molecular weight excluding hydrogens is 214 g/mol. The predicted molar refractivity (Wildman–Crippen MR) is 68.8 cm³/mol. The van der Waals surface area contributed by atoms with Crippen molar-refractivity contribution < 1.29 is 4.79 Å². The van der Waals surface area contributed by atoms with E-state index >= 15 is 0 Å². The first kappa shape index (κ1) is 13.0. The van der Waals surface area contributed by atoms with E-state index in [0.717, 1.165) is 11.4 Å². The average Bonchev–Trinajstić information content (AvgIpc) is 2.30. The largest absolute Gasteiger partial charge is 0.378 e. The van der Waals surface area contributed by atoms with E-state index in [1.807, 2.05) is 56.3 Å². The van der Waals surface area contributed by atoms with Gasteiger partial charge in [-0.25, -0.2) is 0 Å². The van der Waals surface area contributed by atoms with Gasteiger partial charge in [-0.15, -0.1) is 0 Å². The van der Waals surface area contributed by atoms with Crippen LogP contribution in [0.2, 0.25) is 0 Å². The number of nitrogens with one attached hydrogen (secondary N) is 1. The highest BCUT2D eigenvalue weighted by Gasteiger charge is 2.15. The first-order valence-corrected chi connectivity index (χ1v) is 5.56. The Kier molecular flexibility index (Phi) is 4.53. The van der Waals surface area contributed by atoms with Crippen molar-refractivity contribution in [2.45, 2.75) is 13.3 Å². The normalized spacial score (nSPS) is 11.4. The highest BCUT2D eigenvalue weighted by atomic mass is 16.1. The van der Waals surface area contributed by atoms with Crippen molar-refractivity contribution in [3.05, 3.63) is 24.3 Å². The lowest BCUT2D eigenvalue weighted by molar-refractivity contribution is -0.118. The third kappa shape index (κ3) is 3.49. The van der Waals surface area contributed by atoms with Crippen molar-refractivity contribution in [3.63, 3.8) is 0 Å². The standard InChI is InChI=1S/C13H17N3O/c1-4-10(9-14)13(17)15-11-6-5-7-12(8-11)16(2)3/h5-8,10H,4H2,1-3H3,(H,15,17). The lowest BCUT2D eigenvalue weighted by Gasteiger charge is -2.14. The van der Waals surface area contributed by atoms with E-state index in [1.54, 1.807) is 0 Å². The van der Waals surface area contributed by atoms with Gasteiger partial charge in [0.25, 0.3) is 0 Å². The molecule has 1 N–H and O–H groups in total. The van der Waals surface area contributed by atoms with E-state index in [9.17, 15) is 4.79 Å². The van der Waals surface area contributed by atoms with Crippen molar-refractivity contribution in [3.8, 4) is 6.07 Å². The molecule has 1 amide bonds. The summed E-state index contributed by atoms with van der Waals surface area (Å²) in [5, 5.41) is 11.5. The molecule has 0 fully saturated rings. The number of amides is 1. The molecule has 0 aliphatic carbocycles. The lowest BCUT2D eigenvalue weighted by Crippen LogP contribution is -2.21. The van der Waals surface area contributed by atoms with Crippen LogP contribution in [0.1, 0.15) is 13.3 Å². The van der Waals surface area contributed by atoms with Gasteiger partial charge in [0.15, 0.2) is 0 Å². The smallest absolute Gasteiger partial charge is 0.241 e. The number of anilines is 2. The topological polar surface area (TPSA) is 56.1 Å². The molecule has 4 nitrogen and oxygen atoms in total. The van der Waals surface area contributed by atoms with Crippen molar-refractivity contribution in [2.24, 2.45) is 5.92 Å². The van der Waals surface area contributed by atoms with E-state index in [1.165, 1.54) is 0 Å². The zero-order valence-electron chi connectivity index (χ0n) is 10.4. The van der Waals surface area contributed by atoms with E-state index in [0.29, 0.717) is 6.42 Å². The Labute approximate surface area is 102 Å². The van der Waals surface area contributed by atoms with Crippen molar-refractivity contribution in [2.75, 3.05) is 24.3 Å². The average molecular weight is 231 g/mol. The summed E-state index contributed by atoms with van der Waals surface area (Å²) in [6.07, 6.45) is 0.524. The zero-order chi connectivity index (χ0) is 12.8. The maximum absolute atomic E-state index is 11.7. The summed E-state index contributed by atoms with van der Waals surface area (Å²) < 4.78 is 0. The predicted octanol–water partition coefficient (Wildman–Crippen LogP) is 2.24. The second-order valence-electron chi connectivity index (χ2n) is 4.02. The number of hydrogen-bond donors (Lipinski definition) is 1. The zero-order valence-corrected chi connectivity index (χ0v) is 10.4. The molecule has 0 aliphatic rings. The van der Waals surface area contributed by atoms with Gasteiger partial charge in [0, 0.05) is 25.5 Å². The second kappa shape index (κ2) is 5.90. The Morgan fingerprint density at radius 2 is 2.24 bits per heavy atom. The van der Waals surface area contributed by atoms with Crippen LogP contribution >= 0.6 is 0 Å². The quantitative estimate of drug-likeness (QED) is 0.864. The van der Waals surface area contributed by atoms with E-state index < -0.39 is 5.92 Å². The Balaban J connectivity index is 2.79. The Bertz CT molecular complexity index is 435. The molecule has 0 spiro atoms. The molecule has 1 aromatic rings. The van der Waals surface area contributed by atoms with Gasteiger partial charge in [-0.1, -0.05) is 13.0 Å². The maximum Gasteiger partial charge on any atom is 0.241 e. The molecule has 1 atom stereocenters. The minimum Gasteiger partial charge on any atom is -0.378 e. The van der Waals surface area contributed by atoms with Gasteiger partial charge in [-0.3, -0.25) is 4.79 Å². The number of hydrogen-bond acceptors (Lipinski definition) is 3. The monoisotopic (exact) mass is 231 g/mol. The molecule has 17 heavy (non-hydrogen) atoms. The third-order valence-corrected chi connectivity index (χ3v) is 2.51. The number of nitriles is 1. The first-order chi connectivity index (χ1) is 8.08. The van der Waals surface area contributed by atoms with Crippen LogP contribution in [0.15, 0.2) is 24.3 Å². The highest BCUT2D eigenvalue weighted by molar-refractivity contribution is 5.94. The molecule has 90 valence electrons. The summed E-state index contributed by atoms with van der Waals surface area (Å²) in [5.41, 5.74) is 1.72. The number of nitrogens with zero attached hydrogens (tertiary/aromatic N) is 2. The van der Waals surface area contributed by atoms with E-state index in [-0.39, 0.29) is 5.91 Å². The Morgan fingerprint density at radius 3 is 2.76 bits per heavy atom. The molecule has 0 bridgehead atoms. The molecule has 1 unspecified atom stereocenters. The van der Waals surface area contributed by atoms with E-state index in [2.05, 4.69) is 5.32 Å². The van der Waals surface area contributed by atoms with Gasteiger partial charge >= 0.3 is 0 Å². The number of rotatable bonds is 4. The number of benzene rings is 1. The molecule has 0 heterocycles. The molecule has 1 aromatic carbocycles. The fourth-order valence-corrected chi connectivity index (χ4v) is 1.43. The summed E-state index contributed by atoms with van der Waals surface area (Å²) in [4.78, 5) is 13.7. The fraction of sp³-hybridized carbons (Fsp3) is 0.385. The van der Waals surface area contributed by atoms with Crippen LogP contribution in [0.4, 0.5) is 11.4 Å². The molecule has 4 heteroatoms. The molecule has 0 aromatic heterocycles. The van der Waals surface area contributed by atoms with Gasteiger partial charge in [-0.2, -0.15) is 5.26 Å². The first-order valence-electron chi connectivity index (χ1n) is 5.56. The van der Waals surface area contributed by atoms with Gasteiger partial charge in [-0.05, 0) is 24.6 Å². The van der Waals surface area contributed by atoms with Crippen molar-refractivity contribution >= 4 is 17.3 Å². The van der Waals surface area contributed by atoms with Crippen LogP contribution in [0, 0.1) is 17.2 Å². The van der Waals surface area contributed by atoms with Crippen LogP contribution in [-0.4, -0.2) is 20.0 Å². The molecule has 0 aliphatic heterocycles. The number of carbonyl (C=O) groups is 1. The summed E-state index contributed by atoms with van der Waals surface area (Å²) >= 11 is 0. The molecule has 0 radical (unpaired) electrons. The lowest BCUT2D eigenvalue weighted by atomic mass is 10.1. The molecular formula is C13H17N3O. The van der Waals surface area contributed by atoms with Crippen LogP contribution in [0.3, 0.4) is 0 Å². The Morgan fingerprint density at radius 1 is 1.53 bits per heavy atom. The number of carbonyl (C=O) groups excluding carboxylic acids is 1.